The van der Waals surface area contributed by atoms with E-state index in [0.717, 1.165) is 0 Å². The van der Waals surface area contributed by atoms with E-state index in [1.165, 1.54) is 6.92 Å². The van der Waals surface area contributed by atoms with Crippen molar-refractivity contribution in [2.75, 3.05) is 23.8 Å². The minimum atomic E-state index is -0.429. The molecule has 0 aliphatic carbocycles. The number of hydrogen-bond acceptors (Lipinski definition) is 4. The Hall–Kier alpha value is -3.06. The summed E-state index contributed by atoms with van der Waals surface area (Å²) in [5.41, 5.74) is 1.07. The topological polar surface area (TPSA) is 96.5 Å². The second kappa shape index (κ2) is 9.43. The van der Waals surface area contributed by atoms with Gasteiger partial charge in [0.2, 0.25) is 11.8 Å². The van der Waals surface area contributed by atoms with Gasteiger partial charge >= 0.3 is 0 Å². The molecule has 2 rings (SSSR count). The Kier molecular flexibility index (Phi) is 6.99. The van der Waals surface area contributed by atoms with Crippen molar-refractivity contribution >= 4 is 40.7 Å². The largest absolute Gasteiger partial charge is 0.484 e. The van der Waals surface area contributed by atoms with Crippen molar-refractivity contribution in [3.05, 3.63) is 53.6 Å². The standard InChI is InChI=1S/C18H18ClN3O4/c1-12(23)21-14-3-2-4-15(9-14)22-17(24)10-20-18(25)11-26-16-7-5-13(19)6-8-16/h2-9H,10-11H2,1H3,(H,20,25)(H,21,23)(H,22,24). The fourth-order valence-electron chi connectivity index (χ4n) is 1.99. The van der Waals surface area contributed by atoms with Crippen LogP contribution in [-0.2, 0) is 14.4 Å². The highest BCUT2D eigenvalue weighted by atomic mass is 35.5. The zero-order valence-electron chi connectivity index (χ0n) is 14.0. The minimum Gasteiger partial charge on any atom is -0.484 e. The third-order valence-corrected chi connectivity index (χ3v) is 3.35. The van der Waals surface area contributed by atoms with Crippen molar-refractivity contribution in [1.29, 1.82) is 0 Å². The van der Waals surface area contributed by atoms with Crippen molar-refractivity contribution < 1.29 is 19.1 Å². The smallest absolute Gasteiger partial charge is 0.258 e. The number of hydrogen-bond donors (Lipinski definition) is 3. The zero-order chi connectivity index (χ0) is 18.9. The number of carbonyl (C=O) groups excluding carboxylic acids is 3. The third kappa shape index (κ3) is 6.82. The van der Waals surface area contributed by atoms with E-state index in [1.807, 2.05) is 0 Å². The molecule has 7 nitrogen and oxygen atoms in total. The van der Waals surface area contributed by atoms with Crippen molar-refractivity contribution in [1.82, 2.24) is 5.32 Å². The van der Waals surface area contributed by atoms with Gasteiger partial charge in [0.15, 0.2) is 6.61 Å². The molecule has 0 radical (unpaired) electrons. The van der Waals surface area contributed by atoms with Gasteiger partial charge in [-0.3, -0.25) is 14.4 Å². The fourth-order valence-corrected chi connectivity index (χ4v) is 2.12. The van der Waals surface area contributed by atoms with Crippen molar-refractivity contribution in [2.24, 2.45) is 0 Å². The number of halogens is 1. The van der Waals surface area contributed by atoms with Crippen LogP contribution in [0.25, 0.3) is 0 Å². The molecular formula is C18H18ClN3O4. The minimum absolute atomic E-state index is 0.201. The van der Waals surface area contributed by atoms with E-state index >= 15 is 0 Å². The third-order valence-electron chi connectivity index (χ3n) is 3.10. The van der Waals surface area contributed by atoms with E-state index < -0.39 is 11.8 Å². The van der Waals surface area contributed by atoms with E-state index in [-0.39, 0.29) is 19.1 Å². The number of rotatable bonds is 7. The zero-order valence-corrected chi connectivity index (χ0v) is 14.8. The average molecular weight is 376 g/mol. The summed E-state index contributed by atoms with van der Waals surface area (Å²) in [7, 11) is 0. The lowest BCUT2D eigenvalue weighted by atomic mass is 10.2. The first-order valence-corrected chi connectivity index (χ1v) is 8.13. The molecule has 2 aromatic rings. The Balaban J connectivity index is 1.74. The molecule has 26 heavy (non-hydrogen) atoms. The Morgan fingerprint density at radius 3 is 2.27 bits per heavy atom. The number of carbonyl (C=O) groups is 3. The van der Waals surface area contributed by atoms with Crippen LogP contribution in [0.1, 0.15) is 6.92 Å². The molecule has 3 amide bonds. The summed E-state index contributed by atoms with van der Waals surface area (Å²) in [5, 5.41) is 8.28. The summed E-state index contributed by atoms with van der Waals surface area (Å²) in [5.74, 6) is -0.530. The molecule has 0 heterocycles. The molecule has 0 saturated carbocycles. The number of anilines is 2. The lowest BCUT2D eigenvalue weighted by molar-refractivity contribution is -0.125. The first-order valence-electron chi connectivity index (χ1n) is 7.75. The number of ether oxygens (including phenoxy) is 1. The van der Waals surface area contributed by atoms with Crippen molar-refractivity contribution in [3.63, 3.8) is 0 Å². The fraction of sp³-hybridized carbons (Fsp3) is 0.167. The SMILES string of the molecule is CC(=O)Nc1cccc(NC(=O)CNC(=O)COc2ccc(Cl)cc2)c1. The normalized spacial score (nSPS) is 9.92. The second-order valence-electron chi connectivity index (χ2n) is 5.33. The monoisotopic (exact) mass is 375 g/mol. The summed E-state index contributed by atoms with van der Waals surface area (Å²) in [6.45, 7) is 0.979. The van der Waals surface area contributed by atoms with Gasteiger partial charge in [0, 0.05) is 23.3 Å². The molecule has 3 N–H and O–H groups in total. The van der Waals surface area contributed by atoms with Crippen LogP contribution in [0.5, 0.6) is 5.75 Å². The summed E-state index contributed by atoms with van der Waals surface area (Å²) in [6, 6.07) is 13.3. The predicted octanol–water partition coefficient (Wildman–Crippen LogP) is 2.43. The van der Waals surface area contributed by atoms with Crippen LogP contribution in [0.3, 0.4) is 0 Å². The van der Waals surface area contributed by atoms with Gasteiger partial charge in [0.1, 0.15) is 5.75 Å². The Bertz CT molecular complexity index is 793. The lowest BCUT2D eigenvalue weighted by Gasteiger charge is -2.09. The van der Waals surface area contributed by atoms with Crippen LogP contribution in [0.2, 0.25) is 5.02 Å². The Morgan fingerprint density at radius 1 is 0.962 bits per heavy atom. The van der Waals surface area contributed by atoms with Crippen LogP contribution < -0.4 is 20.7 Å². The summed E-state index contributed by atoms with van der Waals surface area (Å²) < 4.78 is 5.28. The molecule has 0 spiro atoms. The van der Waals surface area contributed by atoms with Gasteiger partial charge in [0.05, 0.1) is 6.54 Å². The first-order chi connectivity index (χ1) is 12.4. The van der Waals surface area contributed by atoms with Gasteiger partial charge in [-0.2, -0.15) is 0 Å². The number of amides is 3. The average Bonchev–Trinajstić information content (AvgIpc) is 2.59. The highest BCUT2D eigenvalue weighted by Gasteiger charge is 2.07. The van der Waals surface area contributed by atoms with Crippen LogP contribution in [0.4, 0.5) is 11.4 Å². The van der Waals surface area contributed by atoms with Gasteiger partial charge in [0.25, 0.3) is 5.91 Å². The van der Waals surface area contributed by atoms with Gasteiger partial charge in [-0.15, -0.1) is 0 Å². The molecule has 8 heteroatoms. The van der Waals surface area contributed by atoms with Crippen LogP contribution in [-0.4, -0.2) is 30.9 Å². The maximum absolute atomic E-state index is 11.9. The second-order valence-corrected chi connectivity index (χ2v) is 5.77. The van der Waals surface area contributed by atoms with E-state index in [2.05, 4.69) is 16.0 Å². The quantitative estimate of drug-likeness (QED) is 0.692. The molecular weight excluding hydrogens is 358 g/mol. The Morgan fingerprint density at radius 2 is 1.62 bits per heavy atom. The van der Waals surface area contributed by atoms with Crippen LogP contribution in [0, 0.1) is 0 Å². The van der Waals surface area contributed by atoms with Crippen LogP contribution >= 0.6 is 11.6 Å². The van der Waals surface area contributed by atoms with Crippen molar-refractivity contribution in [2.45, 2.75) is 6.92 Å². The number of benzene rings is 2. The molecule has 2 aromatic carbocycles. The summed E-state index contributed by atoms with van der Waals surface area (Å²) in [6.07, 6.45) is 0. The van der Waals surface area contributed by atoms with Gasteiger partial charge in [-0.1, -0.05) is 17.7 Å². The maximum Gasteiger partial charge on any atom is 0.258 e. The van der Waals surface area contributed by atoms with Gasteiger partial charge < -0.3 is 20.7 Å². The number of nitrogens with one attached hydrogen (secondary N) is 3. The predicted molar refractivity (Wildman–Crippen MR) is 99.3 cm³/mol. The molecule has 0 aliphatic rings. The highest BCUT2D eigenvalue weighted by Crippen LogP contribution is 2.16. The molecule has 0 unspecified atom stereocenters. The maximum atomic E-state index is 11.9. The molecule has 0 aliphatic heterocycles. The summed E-state index contributed by atoms with van der Waals surface area (Å²) in [4.78, 5) is 34.7. The van der Waals surface area contributed by atoms with Crippen molar-refractivity contribution in [3.8, 4) is 5.75 Å². The van der Waals surface area contributed by atoms with Gasteiger partial charge in [-0.25, -0.2) is 0 Å². The lowest BCUT2D eigenvalue weighted by Crippen LogP contribution is -2.35. The molecule has 0 fully saturated rings. The van der Waals surface area contributed by atoms with E-state index in [0.29, 0.717) is 22.1 Å². The van der Waals surface area contributed by atoms with E-state index in [9.17, 15) is 14.4 Å². The molecule has 0 saturated heterocycles. The molecule has 0 atom stereocenters. The first kappa shape index (κ1) is 19.3. The Labute approximate surface area is 155 Å². The van der Waals surface area contributed by atoms with E-state index in [1.54, 1.807) is 48.5 Å². The summed E-state index contributed by atoms with van der Waals surface area (Å²) >= 11 is 5.76. The van der Waals surface area contributed by atoms with E-state index in [4.69, 9.17) is 16.3 Å². The molecule has 0 aromatic heterocycles. The molecule has 136 valence electrons. The van der Waals surface area contributed by atoms with Crippen LogP contribution in [0.15, 0.2) is 48.5 Å². The molecule has 0 bridgehead atoms. The van der Waals surface area contributed by atoms with Gasteiger partial charge in [-0.05, 0) is 42.5 Å². The highest BCUT2D eigenvalue weighted by molar-refractivity contribution is 6.30.